The number of carbonyl (C=O) groups is 3. The lowest BCUT2D eigenvalue weighted by atomic mass is 9.33. The van der Waals surface area contributed by atoms with E-state index in [9.17, 15) is 30.0 Å². The Morgan fingerprint density at radius 2 is 1.63 bits per heavy atom. The molecule has 1 aromatic rings. The van der Waals surface area contributed by atoms with E-state index < -0.39 is 79.1 Å². The molecule has 63 heavy (non-hydrogen) atoms. The number of carboxylic acid groups (broad SMARTS) is 1. The summed E-state index contributed by atoms with van der Waals surface area (Å²) in [4.78, 5) is 48.3. The molecule has 13 atom stereocenters. The zero-order chi connectivity index (χ0) is 44.5. The van der Waals surface area contributed by atoms with E-state index in [-0.39, 0.29) is 42.4 Å². The van der Waals surface area contributed by atoms with E-state index in [0.717, 1.165) is 17.6 Å². The average Bonchev–Trinajstić information content (AvgIpc) is 3.38. The smallest absolute Gasteiger partial charge is 0.331 e. The van der Waals surface area contributed by atoms with Crippen molar-refractivity contribution in [2.45, 2.75) is 140 Å². The molecular weight excluding hydrogens is 791 g/mol. The van der Waals surface area contributed by atoms with E-state index in [2.05, 4.69) is 56.9 Å². The van der Waals surface area contributed by atoms with Crippen LogP contribution in [0.5, 0.6) is 0 Å². The molecule has 330 valence electrons. The van der Waals surface area contributed by atoms with Crippen LogP contribution in [0.4, 0.5) is 0 Å². The third kappa shape index (κ3) is 4.62. The molecule has 3 fully saturated rings. The molecule has 0 amide bonds. The molecule has 8 N–H and O–H groups in total. The lowest BCUT2D eigenvalue weighted by Gasteiger charge is -2.70. The van der Waals surface area contributed by atoms with E-state index >= 15 is 4.79 Å². The van der Waals surface area contributed by atoms with Gasteiger partial charge in [-0.3, -0.25) is 9.59 Å². The van der Waals surface area contributed by atoms with Crippen LogP contribution in [0, 0.1) is 62.6 Å². The highest BCUT2D eigenvalue weighted by molar-refractivity contribution is 6.02. The van der Waals surface area contributed by atoms with E-state index in [0.29, 0.717) is 80.9 Å². The summed E-state index contributed by atoms with van der Waals surface area (Å²) in [7, 11) is 0. The Hall–Kier alpha value is -4.56. The number of nitrogens with two attached hydrogens (primary N) is 2. The molecule has 0 aromatic heterocycles. The number of Topliss-reactive ketones (excluding diaryl/α,β-unsaturated/α-hetero) is 2. The molecule has 0 aliphatic heterocycles. The number of fused-ring (bicyclic) bond motifs is 6. The van der Waals surface area contributed by atoms with Gasteiger partial charge >= 0.3 is 5.97 Å². The van der Waals surface area contributed by atoms with Gasteiger partial charge in [-0.2, -0.15) is 0 Å². The van der Waals surface area contributed by atoms with E-state index in [1.165, 1.54) is 5.56 Å². The molecule has 10 nitrogen and oxygen atoms in total. The van der Waals surface area contributed by atoms with Gasteiger partial charge in [0.25, 0.3) is 0 Å². The first-order valence-electron chi connectivity index (χ1n) is 23.4. The van der Waals surface area contributed by atoms with Crippen LogP contribution in [-0.2, 0) is 20.8 Å². The fourth-order valence-electron chi connectivity index (χ4n) is 17.8. The minimum atomic E-state index is -1.74. The number of aryl methyl sites for hydroxylation is 1. The second kappa shape index (κ2) is 12.6. The molecule has 10 aliphatic rings. The number of benzene rings is 1. The second-order valence-corrected chi connectivity index (χ2v) is 22.2. The van der Waals surface area contributed by atoms with Crippen molar-refractivity contribution >= 4 is 29.6 Å². The fraction of sp³-hybridized carbons (Fsp3) is 0.585. The molecule has 4 bridgehead atoms. The van der Waals surface area contributed by atoms with Crippen molar-refractivity contribution in [3.63, 3.8) is 0 Å². The van der Waals surface area contributed by atoms with Crippen molar-refractivity contribution < 1.29 is 34.8 Å². The van der Waals surface area contributed by atoms with Gasteiger partial charge in [-0.1, -0.05) is 81.8 Å². The Kier molecular flexibility index (Phi) is 8.24. The maximum absolute atomic E-state index is 16.0. The average molecular weight is 852 g/mol. The quantitative estimate of drug-likeness (QED) is 0.0859. The van der Waals surface area contributed by atoms with Gasteiger partial charge in [-0.25, -0.2) is 9.79 Å². The highest BCUT2D eigenvalue weighted by Crippen LogP contribution is 2.84. The molecule has 0 saturated heterocycles. The van der Waals surface area contributed by atoms with Gasteiger partial charge < -0.3 is 31.9 Å². The van der Waals surface area contributed by atoms with Gasteiger partial charge in [0, 0.05) is 70.3 Å². The first-order valence-corrected chi connectivity index (χ1v) is 23.4. The van der Waals surface area contributed by atoms with Gasteiger partial charge in [0.1, 0.15) is 11.4 Å². The largest absolute Gasteiger partial charge is 0.478 e. The molecule has 11 rings (SSSR count). The second-order valence-electron chi connectivity index (χ2n) is 22.2. The maximum atomic E-state index is 16.0. The predicted octanol–water partition coefficient (Wildman–Crippen LogP) is 6.43. The molecule has 3 saturated carbocycles. The third-order valence-electron chi connectivity index (χ3n) is 20.0. The SMILES string of the molecule is C[C@@H]1[C@@H]2[C@@](N=C(N)N)(C=C[C@@]13C[C@@]1(O)C=C[C@]4(O)C5=C6C(=O)C[C@@]3(C)[C@]51CCC#CC[C@]1(C)C(=O)CC[C@@]6(C)[C@@H]1[C@H]4C1=Cc3ccccc3CC1)CCC1=C(C(=O)O)CCC[C@@]12O. The zero-order valence-electron chi connectivity index (χ0n) is 37.0. The molecule has 10 heteroatoms. The van der Waals surface area contributed by atoms with Crippen LogP contribution >= 0.6 is 0 Å². The highest BCUT2D eigenvalue weighted by atomic mass is 16.4. The Labute approximate surface area is 369 Å². The summed E-state index contributed by atoms with van der Waals surface area (Å²) in [5.41, 5.74) is 6.76. The molecule has 0 radical (unpaired) electrons. The van der Waals surface area contributed by atoms with Crippen LogP contribution in [0.2, 0.25) is 0 Å². The van der Waals surface area contributed by atoms with Gasteiger partial charge in [0.2, 0.25) is 0 Å². The Morgan fingerprint density at radius 3 is 2.40 bits per heavy atom. The Bertz CT molecular complexity index is 2610. The fourth-order valence-corrected chi connectivity index (χ4v) is 17.8. The number of rotatable bonds is 3. The van der Waals surface area contributed by atoms with Crippen LogP contribution in [0.15, 0.2) is 81.4 Å². The maximum Gasteiger partial charge on any atom is 0.331 e. The number of ketones is 2. The van der Waals surface area contributed by atoms with Gasteiger partial charge in [-0.15, -0.1) is 11.8 Å². The molecule has 1 aromatic carbocycles. The lowest BCUT2D eigenvalue weighted by Crippen LogP contribution is -2.72. The van der Waals surface area contributed by atoms with Crippen molar-refractivity contribution in [1.82, 2.24) is 0 Å². The molecule has 0 heterocycles. The first kappa shape index (κ1) is 41.2. The topological polar surface area (TPSA) is 197 Å². The first-order chi connectivity index (χ1) is 29.7. The third-order valence-corrected chi connectivity index (χ3v) is 20.0. The summed E-state index contributed by atoms with van der Waals surface area (Å²) in [6, 6.07) is 8.34. The lowest BCUT2D eigenvalue weighted by molar-refractivity contribution is -0.173. The number of allylic oxidation sites excluding steroid dienone is 2. The van der Waals surface area contributed by atoms with Crippen LogP contribution < -0.4 is 11.5 Å². The number of aliphatic carboxylic acids is 1. The zero-order valence-corrected chi connectivity index (χ0v) is 37.0. The summed E-state index contributed by atoms with van der Waals surface area (Å²) in [5, 5.41) is 52.2. The van der Waals surface area contributed by atoms with Gasteiger partial charge in [0.15, 0.2) is 11.7 Å². The van der Waals surface area contributed by atoms with Crippen LogP contribution in [-0.4, -0.2) is 66.3 Å². The number of hydrogen-bond acceptors (Lipinski definition) is 7. The highest BCUT2D eigenvalue weighted by Gasteiger charge is 2.84. The van der Waals surface area contributed by atoms with Crippen molar-refractivity contribution in [3.05, 3.63) is 87.6 Å². The van der Waals surface area contributed by atoms with E-state index in [4.69, 9.17) is 16.5 Å². The number of guanidine groups is 1. The van der Waals surface area contributed by atoms with Crippen molar-refractivity contribution in [2.24, 2.45) is 67.2 Å². The summed E-state index contributed by atoms with van der Waals surface area (Å²) >= 11 is 0. The summed E-state index contributed by atoms with van der Waals surface area (Å²) in [5.74, 6) is 3.58. The summed E-state index contributed by atoms with van der Waals surface area (Å²) in [6.45, 7) is 8.41. The van der Waals surface area contributed by atoms with Crippen LogP contribution in [0.25, 0.3) is 6.08 Å². The van der Waals surface area contributed by atoms with Crippen LogP contribution in [0.3, 0.4) is 0 Å². The number of aliphatic hydroxyl groups is 3. The normalized spacial score (nSPS) is 47.4. The number of hydrogen-bond donors (Lipinski definition) is 6. The molecule has 0 unspecified atom stereocenters. The minimum absolute atomic E-state index is 0.0669. The number of carbonyl (C=O) groups excluding carboxylic acids is 2. The van der Waals surface area contributed by atoms with Crippen molar-refractivity contribution in [2.75, 3.05) is 0 Å². The molecule has 10 aliphatic carbocycles. The molecular formula is C53H61N3O7. The Morgan fingerprint density at radius 1 is 0.857 bits per heavy atom. The monoisotopic (exact) mass is 851 g/mol. The van der Waals surface area contributed by atoms with Crippen molar-refractivity contribution in [1.29, 1.82) is 0 Å². The van der Waals surface area contributed by atoms with Gasteiger partial charge in [0.05, 0.1) is 16.7 Å². The number of carboxylic acids is 1. The minimum Gasteiger partial charge on any atom is -0.478 e. The number of aliphatic imine (C=N–C) groups is 1. The standard InChI is InChI=1S/C53H61N3O7/c1-30-40-49(56-44(54)55,22-16-35-34(43(59)60)13-10-19-51(35,40)62)24-23-48(30)29-50(61)25-26-52(63)38(33-15-14-31-11-6-7-12-32(31)27-33)41-45(2)18-8-5-9-20-53(50)42(52)39(36(57)28-47(48,53)4)46(41,3)21-17-37(45)58/h6-7,11-12,23-27,30,38,40-41,61-63H,9-10,13-22,28-29H2,1-4H3,(H,59,60)(H4,54,55,56)/t30-,38-,40-,41-,45-,46-,47-,48-,49+,50+,51-,52-,53+/m1/s1. The summed E-state index contributed by atoms with van der Waals surface area (Å²) in [6.07, 6.45) is 15.4. The predicted molar refractivity (Wildman–Crippen MR) is 238 cm³/mol. The summed E-state index contributed by atoms with van der Waals surface area (Å²) < 4.78 is 0. The van der Waals surface area contributed by atoms with Crippen molar-refractivity contribution in [3.8, 4) is 11.8 Å². The number of nitrogens with zero attached hydrogens (tertiary/aromatic N) is 1. The van der Waals surface area contributed by atoms with E-state index in [1.807, 2.05) is 31.2 Å². The Balaban J connectivity index is 1.21. The van der Waals surface area contributed by atoms with Gasteiger partial charge in [-0.05, 0) is 110 Å². The molecule has 2 spiro atoms. The van der Waals surface area contributed by atoms with E-state index in [1.54, 1.807) is 6.08 Å². The van der Waals surface area contributed by atoms with Crippen LogP contribution in [0.1, 0.15) is 122 Å².